The molecule has 0 heterocycles. The van der Waals surface area contributed by atoms with Gasteiger partial charge in [0.1, 0.15) is 0 Å². The van der Waals surface area contributed by atoms with Crippen LogP contribution in [-0.2, 0) is 52.5 Å². The van der Waals surface area contributed by atoms with E-state index in [0.29, 0.717) is 6.92 Å². The van der Waals surface area contributed by atoms with Gasteiger partial charge >= 0.3 is 123 Å². The van der Waals surface area contributed by atoms with Crippen LogP contribution in [0, 0.1) is 22.7 Å². The van der Waals surface area contributed by atoms with Gasteiger partial charge in [-0.05, 0) is 67.0 Å². The minimum absolute atomic E-state index is 0. The third-order valence-corrected chi connectivity index (χ3v) is 4.00. The van der Waals surface area contributed by atoms with Crippen LogP contribution < -0.4 is 86.0 Å². The second kappa shape index (κ2) is 48.8. The zero-order valence-corrected chi connectivity index (χ0v) is 38.8. The molecular formula is C29H58ClIKNaO17. The first kappa shape index (κ1) is 51.9. The number of carbonyl (C=O) groups is 7. The van der Waals surface area contributed by atoms with E-state index in [0.717, 1.165) is 6.92 Å². The quantitative estimate of drug-likeness (QED) is 0.0456. The van der Waals surface area contributed by atoms with E-state index in [1.807, 2.05) is 0 Å². The first-order valence-corrected chi connectivity index (χ1v) is 14.3. The van der Waals surface area contributed by atoms with Crippen molar-refractivity contribution in [1.29, 1.82) is 0 Å². The van der Waals surface area contributed by atoms with Gasteiger partial charge in [0, 0.05) is 12.3 Å². The molecule has 0 atom stereocenters. The molecular weight excluding hydrogens is 845 g/mol. The van der Waals surface area contributed by atoms with Gasteiger partial charge in [0.25, 0.3) is 0 Å². The molecule has 0 aromatic heterocycles. The molecule has 292 valence electrons. The van der Waals surface area contributed by atoms with Crippen LogP contribution in [0.4, 0.5) is 0 Å². The molecule has 50 heavy (non-hydrogen) atoms. The molecule has 0 aromatic rings. The molecule has 6 N–H and O–H groups in total. The molecule has 17 nitrogen and oxygen atoms in total. The normalized spacial score (nSPS) is 12.1. The Morgan fingerprint density at radius 1 is 0.720 bits per heavy atom. The van der Waals surface area contributed by atoms with Crippen LogP contribution in [-0.4, -0.2) is 106 Å². The maximum Gasteiger partial charge on any atom is 1.00 e. The smallest absolute Gasteiger partial charge is 0.870 e. The largest absolute Gasteiger partial charge is 1.00 e. The van der Waals surface area contributed by atoms with E-state index >= 15 is 0 Å². The number of carboxylic acid groups (broad SMARTS) is 3. The summed E-state index contributed by atoms with van der Waals surface area (Å²) in [5.74, 6) is -8.76. The molecule has 0 unspecified atom stereocenters. The molecule has 21 heteroatoms. The van der Waals surface area contributed by atoms with Crippen LogP contribution in [0.3, 0.4) is 0 Å². The van der Waals surface area contributed by atoms with Crippen molar-refractivity contribution in [2.24, 2.45) is 22.7 Å². The number of aliphatic carboxylic acids is 3. The third kappa shape index (κ3) is 45.8. The number of alkyl halides is 1. The zero-order chi connectivity index (χ0) is 45.1. The molecule has 0 bridgehead atoms. The van der Waals surface area contributed by atoms with E-state index in [1.54, 1.807) is 34.6 Å². The Bertz CT molecular complexity index is 1110. The summed E-state index contributed by atoms with van der Waals surface area (Å²) in [6.45, 7) is 9.15. The van der Waals surface area contributed by atoms with Crippen molar-refractivity contribution in [2.75, 3.05) is 37.9 Å². The van der Waals surface area contributed by atoms with Gasteiger partial charge in [-0.1, -0.05) is 43.4 Å². The van der Waals surface area contributed by atoms with Gasteiger partial charge in [-0.2, -0.15) is 0 Å². The average molecular weight is 912 g/mol. The third-order valence-electron chi connectivity index (χ3n) is 4.00. The van der Waals surface area contributed by atoms with Gasteiger partial charge in [-0.15, -0.1) is 19.0 Å². The Morgan fingerprint density at radius 3 is 1.06 bits per heavy atom. The van der Waals surface area contributed by atoms with E-state index in [4.69, 9.17) is 32.8 Å². The van der Waals surface area contributed by atoms with Gasteiger partial charge in [-0.3, -0.25) is 33.6 Å². The SMILES string of the molecule is CC(C)C(=O)O.CCOC(=O)C(C)C(=O)OCC.CC[O-].Cl.O.[2H]C([2H])([2H])C(C)(C(=O)O)C(=O)O.[2H]C([2H])([2H])C(C)(C(=O)OCC)C(=O)OCC.[2H]C([2H])([2H])I.[K+].[Na+].[OH-]. The van der Waals surface area contributed by atoms with Gasteiger partial charge < -0.3 is 50.3 Å². The van der Waals surface area contributed by atoms with Gasteiger partial charge in [-0.25, -0.2) is 0 Å². The monoisotopic (exact) mass is 911 g/mol. The van der Waals surface area contributed by atoms with E-state index in [1.165, 1.54) is 43.4 Å². The van der Waals surface area contributed by atoms with Crippen LogP contribution in [0.2, 0.25) is 0 Å². The predicted molar refractivity (Wildman–Crippen MR) is 184 cm³/mol. The molecule has 0 aliphatic carbocycles. The van der Waals surface area contributed by atoms with Crippen molar-refractivity contribution < 1.29 is 177 Å². The minimum Gasteiger partial charge on any atom is -0.870 e. The maximum atomic E-state index is 11.5. The fourth-order valence-electron chi connectivity index (χ4n) is 1.36. The number of esters is 4. The Kier molecular flexibility index (Phi) is 50.7. The Labute approximate surface area is 393 Å². The van der Waals surface area contributed by atoms with E-state index < -0.39 is 77.1 Å². The van der Waals surface area contributed by atoms with Crippen molar-refractivity contribution in [3.63, 3.8) is 0 Å². The molecule has 0 saturated carbocycles. The number of carboxylic acids is 3. The predicted octanol–water partition coefficient (Wildman–Crippen LogP) is -3.36. The first-order chi connectivity index (χ1) is 24.0. The van der Waals surface area contributed by atoms with Crippen molar-refractivity contribution in [1.82, 2.24) is 0 Å². The molecule has 0 aliphatic heterocycles. The van der Waals surface area contributed by atoms with E-state index in [9.17, 15) is 33.6 Å². The van der Waals surface area contributed by atoms with Crippen molar-refractivity contribution in [3.05, 3.63) is 0 Å². The molecule has 0 radical (unpaired) electrons. The molecule has 0 aliphatic rings. The molecule has 0 saturated heterocycles. The summed E-state index contributed by atoms with van der Waals surface area (Å²) in [5.41, 5.74) is -4.99. The van der Waals surface area contributed by atoms with Crippen molar-refractivity contribution in [3.8, 4) is 0 Å². The fraction of sp³-hybridized carbons (Fsp3) is 0.759. The Morgan fingerprint density at radius 2 is 0.940 bits per heavy atom. The van der Waals surface area contributed by atoms with Crippen LogP contribution >= 0.6 is 35.0 Å². The molecule has 0 rings (SSSR count). The molecule has 0 aromatic carbocycles. The van der Waals surface area contributed by atoms with Crippen molar-refractivity contribution in [2.45, 2.75) is 82.9 Å². The summed E-state index contributed by atoms with van der Waals surface area (Å²) in [4.78, 5) is 73.6. The van der Waals surface area contributed by atoms with Crippen LogP contribution in [0.5, 0.6) is 0 Å². The fourth-order valence-corrected chi connectivity index (χ4v) is 1.36. The summed E-state index contributed by atoms with van der Waals surface area (Å²) in [7, 11) is 0. The van der Waals surface area contributed by atoms with Gasteiger partial charge in [0.15, 0.2) is 16.7 Å². The van der Waals surface area contributed by atoms with E-state index in [2.05, 4.69) is 18.9 Å². The molecule has 0 spiro atoms. The first-order valence-electron chi connectivity index (χ1n) is 17.7. The number of ether oxygens (including phenoxy) is 4. The number of carbonyl (C=O) groups excluding carboxylic acids is 4. The summed E-state index contributed by atoms with van der Waals surface area (Å²) in [5, 5.41) is 33.7. The number of rotatable bonds is 11. The summed E-state index contributed by atoms with van der Waals surface area (Å²) >= 11 is 1.38. The summed E-state index contributed by atoms with van der Waals surface area (Å²) in [6.07, 6.45) is 0. The number of hydrogen-bond donors (Lipinski definition) is 3. The maximum absolute atomic E-state index is 11.5. The van der Waals surface area contributed by atoms with Crippen LogP contribution in [0.15, 0.2) is 0 Å². The Balaban J connectivity index is -0.0000000545. The standard InChI is InChI=1S/C9H16O4.C8H14O4.C5H8O4.C4H8O2.C2H5O.CH3I.ClH.K.Na.2H2O/c1-5-12-7(10)9(3,4)8(11)13-6-2;1-4-11-7(9)6(3)8(10)12-5-2;1-5(2,3(6)7)4(8)9;1-3(2)4(5)6;1-2-3;1-2;;;;;/h5-6H2,1-4H3;6H,4-5H2,1-3H3;1-2H3,(H,6,7)(H,8,9);3H,1-2H3,(H,5,6);2H2,1H3;1H3;1H;;;2*1H2/q;;;;-1;;;2*+1;;/p-1/i3D3;;1D3;;;1D3;;;;;. The molecule has 0 amide bonds. The number of hydrogen-bond acceptors (Lipinski definition) is 13. The summed E-state index contributed by atoms with van der Waals surface area (Å²) < 4.78 is 79.1. The average Bonchev–Trinajstić information content (AvgIpc) is 2.99. The van der Waals surface area contributed by atoms with Crippen LogP contribution in [0.25, 0.3) is 0 Å². The van der Waals surface area contributed by atoms with Gasteiger partial charge in [0.2, 0.25) is 0 Å². The molecule has 0 fully saturated rings. The number of halogens is 2. The van der Waals surface area contributed by atoms with Crippen molar-refractivity contribution >= 4 is 76.8 Å². The minimum atomic E-state index is -3.05. The van der Waals surface area contributed by atoms with E-state index in [-0.39, 0.29) is 143 Å². The Hall–Kier alpha value is -0.174. The van der Waals surface area contributed by atoms with Crippen LogP contribution in [0.1, 0.15) is 95.3 Å². The zero-order valence-electron chi connectivity index (χ0n) is 39.7. The van der Waals surface area contributed by atoms with Gasteiger partial charge in [0.05, 0.1) is 32.3 Å². The second-order valence-electron chi connectivity index (χ2n) is 8.31. The topological polar surface area (TPSA) is 302 Å². The summed E-state index contributed by atoms with van der Waals surface area (Å²) in [6, 6.07) is 0. The second-order valence-corrected chi connectivity index (χ2v) is 8.31.